The van der Waals surface area contributed by atoms with E-state index in [4.69, 9.17) is 19.2 Å². The number of anilines is 1. The number of carbonyl (C=O) groups is 1. The fourth-order valence-electron chi connectivity index (χ4n) is 3.60. The number of halogens is 1. The van der Waals surface area contributed by atoms with Crippen LogP contribution in [0.4, 0.5) is 5.69 Å². The van der Waals surface area contributed by atoms with Gasteiger partial charge in [0.25, 0.3) is 5.91 Å². The van der Waals surface area contributed by atoms with Gasteiger partial charge in [-0.2, -0.15) is 0 Å². The number of benzene rings is 2. The Balaban J connectivity index is 0.00000385. The molecule has 33 heavy (non-hydrogen) atoms. The Morgan fingerprint density at radius 2 is 2.00 bits per heavy atom. The van der Waals surface area contributed by atoms with Gasteiger partial charge < -0.3 is 29.3 Å². The van der Waals surface area contributed by atoms with E-state index in [-0.39, 0.29) is 36.5 Å². The molecule has 0 radical (unpaired) electrons. The lowest BCUT2D eigenvalue weighted by Crippen LogP contribution is -2.40. The van der Waals surface area contributed by atoms with Gasteiger partial charge in [-0.05, 0) is 37.6 Å². The van der Waals surface area contributed by atoms with Crippen LogP contribution in [0.1, 0.15) is 18.9 Å². The predicted octanol–water partition coefficient (Wildman–Crippen LogP) is 3.53. The number of amides is 1. The quantitative estimate of drug-likeness (QED) is 0.216. The highest BCUT2D eigenvalue weighted by Gasteiger charge is 2.24. The zero-order valence-electron chi connectivity index (χ0n) is 19.7. The Labute approximate surface area is 212 Å². The second-order valence-electron chi connectivity index (χ2n) is 7.42. The number of nitrogens with one attached hydrogen (secondary N) is 1. The van der Waals surface area contributed by atoms with Crippen LogP contribution in [0, 0.1) is 0 Å². The fourth-order valence-corrected chi connectivity index (χ4v) is 3.60. The SMILES string of the molecule is CCNC(=NCCCN1C(=O)COc2ccccc21)N(C)Cc1ccc(OC)cc1OC.I. The molecule has 2 aromatic carbocycles. The molecule has 0 saturated carbocycles. The second kappa shape index (κ2) is 13.1. The van der Waals surface area contributed by atoms with Crippen molar-refractivity contribution in [2.75, 3.05) is 52.4 Å². The molecule has 180 valence electrons. The number of methoxy groups -OCH3 is 2. The van der Waals surface area contributed by atoms with Crippen LogP contribution >= 0.6 is 24.0 Å². The molecule has 2 aromatic rings. The van der Waals surface area contributed by atoms with Crippen molar-refractivity contribution in [2.45, 2.75) is 19.9 Å². The van der Waals surface area contributed by atoms with Gasteiger partial charge in [-0.25, -0.2) is 0 Å². The third-order valence-corrected chi connectivity index (χ3v) is 5.21. The van der Waals surface area contributed by atoms with Gasteiger partial charge in [-0.3, -0.25) is 9.79 Å². The molecule has 0 atom stereocenters. The van der Waals surface area contributed by atoms with Crippen molar-refractivity contribution in [2.24, 2.45) is 4.99 Å². The number of rotatable bonds is 9. The van der Waals surface area contributed by atoms with E-state index in [1.54, 1.807) is 19.1 Å². The van der Waals surface area contributed by atoms with E-state index in [1.807, 2.05) is 56.4 Å². The maximum atomic E-state index is 12.3. The number of ether oxygens (including phenoxy) is 3. The smallest absolute Gasteiger partial charge is 0.265 e. The van der Waals surface area contributed by atoms with Gasteiger partial charge in [-0.15, -0.1) is 24.0 Å². The number of para-hydroxylation sites is 2. The zero-order chi connectivity index (χ0) is 22.9. The van der Waals surface area contributed by atoms with Crippen LogP contribution in [-0.4, -0.2) is 64.3 Å². The molecule has 8 nitrogen and oxygen atoms in total. The predicted molar refractivity (Wildman–Crippen MR) is 141 cm³/mol. The molecule has 3 rings (SSSR count). The van der Waals surface area contributed by atoms with E-state index in [2.05, 4.69) is 10.2 Å². The minimum Gasteiger partial charge on any atom is -0.497 e. The van der Waals surface area contributed by atoms with Crippen LogP contribution in [0.3, 0.4) is 0 Å². The first-order valence-corrected chi connectivity index (χ1v) is 10.8. The molecule has 1 heterocycles. The van der Waals surface area contributed by atoms with Crippen molar-refractivity contribution in [3.05, 3.63) is 48.0 Å². The standard InChI is InChI=1S/C24H32N4O4.HI/c1-5-25-24(27(2)16-18-11-12-19(30-3)15-22(18)31-4)26-13-8-14-28-20-9-6-7-10-21(20)32-17-23(28)29;/h6-7,9-12,15H,5,8,13-14,16-17H2,1-4H3,(H,25,26);1H. The van der Waals surface area contributed by atoms with Gasteiger partial charge in [-0.1, -0.05) is 12.1 Å². The first-order chi connectivity index (χ1) is 15.6. The summed E-state index contributed by atoms with van der Waals surface area (Å²) >= 11 is 0. The Morgan fingerprint density at radius 1 is 1.21 bits per heavy atom. The molecule has 0 unspecified atom stereocenters. The van der Waals surface area contributed by atoms with Crippen molar-refractivity contribution >= 4 is 41.5 Å². The highest BCUT2D eigenvalue weighted by Crippen LogP contribution is 2.31. The second-order valence-corrected chi connectivity index (χ2v) is 7.42. The molecule has 0 fully saturated rings. The molecular formula is C24H33IN4O4. The number of aliphatic imine (C=N–C) groups is 1. The zero-order valence-corrected chi connectivity index (χ0v) is 22.0. The molecule has 9 heteroatoms. The molecule has 0 saturated heterocycles. The van der Waals surface area contributed by atoms with E-state index in [1.165, 1.54) is 0 Å². The van der Waals surface area contributed by atoms with E-state index in [9.17, 15) is 4.79 Å². The lowest BCUT2D eigenvalue weighted by Gasteiger charge is -2.29. The summed E-state index contributed by atoms with van der Waals surface area (Å²) in [4.78, 5) is 20.9. The molecule has 0 spiro atoms. The topological polar surface area (TPSA) is 75.6 Å². The number of guanidine groups is 1. The summed E-state index contributed by atoms with van der Waals surface area (Å²) in [6, 6.07) is 13.4. The third-order valence-electron chi connectivity index (χ3n) is 5.21. The van der Waals surface area contributed by atoms with E-state index < -0.39 is 0 Å². The summed E-state index contributed by atoms with van der Waals surface area (Å²) < 4.78 is 16.3. The average molecular weight is 568 g/mol. The lowest BCUT2D eigenvalue weighted by atomic mass is 10.2. The van der Waals surface area contributed by atoms with Gasteiger partial charge in [0, 0.05) is 44.9 Å². The van der Waals surface area contributed by atoms with Crippen LogP contribution in [0.5, 0.6) is 17.2 Å². The fraction of sp³-hybridized carbons (Fsp3) is 0.417. The molecule has 0 bridgehead atoms. The molecule has 0 aromatic heterocycles. The van der Waals surface area contributed by atoms with Crippen molar-refractivity contribution < 1.29 is 19.0 Å². The Hall–Kier alpha value is -2.69. The highest BCUT2D eigenvalue weighted by atomic mass is 127. The van der Waals surface area contributed by atoms with Gasteiger partial charge in [0.1, 0.15) is 17.2 Å². The van der Waals surface area contributed by atoms with Gasteiger partial charge >= 0.3 is 0 Å². The van der Waals surface area contributed by atoms with Gasteiger partial charge in [0.2, 0.25) is 0 Å². The van der Waals surface area contributed by atoms with Crippen molar-refractivity contribution in [1.82, 2.24) is 10.2 Å². The Kier molecular flexibility index (Phi) is 10.6. The molecule has 0 aliphatic carbocycles. The number of fused-ring (bicyclic) bond motifs is 1. The number of carbonyl (C=O) groups excluding carboxylic acids is 1. The van der Waals surface area contributed by atoms with E-state index in [0.29, 0.717) is 19.6 Å². The maximum absolute atomic E-state index is 12.3. The molecule has 1 aliphatic rings. The third kappa shape index (κ3) is 6.89. The van der Waals surface area contributed by atoms with Crippen molar-refractivity contribution in [3.8, 4) is 17.2 Å². The number of hydrogen-bond donors (Lipinski definition) is 1. The molecule has 1 amide bonds. The monoisotopic (exact) mass is 568 g/mol. The van der Waals surface area contributed by atoms with Crippen LogP contribution in [-0.2, 0) is 11.3 Å². The number of hydrogen-bond acceptors (Lipinski definition) is 5. The van der Waals surface area contributed by atoms with Crippen molar-refractivity contribution in [3.63, 3.8) is 0 Å². The minimum atomic E-state index is -0.0247. The summed E-state index contributed by atoms with van der Waals surface area (Å²) in [5.41, 5.74) is 1.86. The minimum absolute atomic E-state index is 0. The van der Waals surface area contributed by atoms with Gasteiger partial charge in [0.15, 0.2) is 12.6 Å². The first kappa shape index (κ1) is 26.6. The maximum Gasteiger partial charge on any atom is 0.265 e. The van der Waals surface area contributed by atoms with E-state index >= 15 is 0 Å². The molecular weight excluding hydrogens is 535 g/mol. The summed E-state index contributed by atoms with van der Waals surface area (Å²) in [5, 5.41) is 3.34. The van der Waals surface area contributed by atoms with Crippen LogP contribution in [0.2, 0.25) is 0 Å². The highest BCUT2D eigenvalue weighted by molar-refractivity contribution is 14.0. The summed E-state index contributed by atoms with van der Waals surface area (Å²) in [5.74, 6) is 3.06. The first-order valence-electron chi connectivity index (χ1n) is 10.8. The average Bonchev–Trinajstić information content (AvgIpc) is 2.82. The van der Waals surface area contributed by atoms with Crippen LogP contribution < -0.4 is 24.4 Å². The molecule has 1 N–H and O–H groups in total. The summed E-state index contributed by atoms with van der Waals surface area (Å²) in [7, 11) is 5.29. The Bertz CT molecular complexity index is 954. The Morgan fingerprint density at radius 3 is 2.73 bits per heavy atom. The van der Waals surface area contributed by atoms with E-state index in [0.717, 1.165) is 47.4 Å². The summed E-state index contributed by atoms with van der Waals surface area (Å²) in [6.45, 7) is 4.71. The molecule has 1 aliphatic heterocycles. The van der Waals surface area contributed by atoms with Gasteiger partial charge in [0.05, 0.1) is 19.9 Å². The van der Waals surface area contributed by atoms with Crippen LogP contribution in [0.15, 0.2) is 47.5 Å². The lowest BCUT2D eigenvalue weighted by molar-refractivity contribution is -0.121. The largest absolute Gasteiger partial charge is 0.497 e. The number of nitrogens with zero attached hydrogens (tertiary/aromatic N) is 3. The van der Waals surface area contributed by atoms with Crippen molar-refractivity contribution in [1.29, 1.82) is 0 Å². The summed E-state index contributed by atoms with van der Waals surface area (Å²) in [6.07, 6.45) is 0.745. The van der Waals surface area contributed by atoms with Crippen LogP contribution in [0.25, 0.3) is 0 Å². The normalized spacial score (nSPS) is 12.9.